The first kappa shape index (κ1) is 13.1. The van der Waals surface area contributed by atoms with Crippen molar-refractivity contribution in [3.05, 3.63) is 40.2 Å². The number of aromatic nitrogens is 1. The molecule has 1 aliphatic rings. The van der Waals surface area contributed by atoms with Crippen LogP contribution in [-0.2, 0) is 12.8 Å². The van der Waals surface area contributed by atoms with Gasteiger partial charge >= 0.3 is 0 Å². The van der Waals surface area contributed by atoms with Crippen LogP contribution in [0.4, 0.5) is 9.52 Å². The van der Waals surface area contributed by atoms with Gasteiger partial charge in [-0.15, -0.1) is 11.3 Å². The summed E-state index contributed by atoms with van der Waals surface area (Å²) in [6.07, 6.45) is 3.13. The first-order valence-electron chi connectivity index (χ1n) is 6.31. The highest BCUT2D eigenvalue weighted by Gasteiger charge is 2.18. The molecule has 2 aromatic rings. The minimum absolute atomic E-state index is 0.120. The van der Waals surface area contributed by atoms with E-state index in [0.717, 1.165) is 31.0 Å². The number of aryl methyl sites for hydroxylation is 2. The van der Waals surface area contributed by atoms with Gasteiger partial charge in [-0.2, -0.15) is 0 Å². The molecule has 0 spiro atoms. The molecule has 104 valence electrons. The molecule has 0 saturated heterocycles. The van der Waals surface area contributed by atoms with Crippen LogP contribution < -0.4 is 10.1 Å². The van der Waals surface area contributed by atoms with Crippen LogP contribution in [0.2, 0.25) is 0 Å². The summed E-state index contributed by atoms with van der Waals surface area (Å²) in [6, 6.07) is 4.13. The third kappa shape index (κ3) is 2.38. The van der Waals surface area contributed by atoms with Crippen LogP contribution in [0.1, 0.15) is 27.3 Å². The first-order chi connectivity index (χ1) is 9.67. The number of nitrogens with one attached hydrogen (secondary N) is 1. The number of carbonyl (C=O) groups is 1. The first-order valence-corrected chi connectivity index (χ1v) is 7.12. The van der Waals surface area contributed by atoms with Gasteiger partial charge in [0.15, 0.2) is 16.7 Å². The number of rotatable bonds is 3. The van der Waals surface area contributed by atoms with Gasteiger partial charge in [0.25, 0.3) is 5.91 Å². The maximum atomic E-state index is 13.6. The molecule has 1 aromatic carbocycles. The number of nitrogens with zero attached hydrogens (tertiary/aromatic N) is 1. The second kappa shape index (κ2) is 5.20. The third-order valence-electron chi connectivity index (χ3n) is 3.23. The van der Waals surface area contributed by atoms with Gasteiger partial charge in [-0.05, 0) is 37.5 Å². The molecular formula is C14H13FN2O2S. The predicted octanol–water partition coefficient (Wildman–Crippen LogP) is 3.03. The Hall–Kier alpha value is -1.95. The van der Waals surface area contributed by atoms with Crippen LogP contribution in [0.25, 0.3) is 0 Å². The lowest BCUT2D eigenvalue weighted by Gasteiger charge is -2.05. The molecule has 4 nitrogen and oxygen atoms in total. The van der Waals surface area contributed by atoms with E-state index in [1.165, 1.54) is 35.5 Å². The van der Waals surface area contributed by atoms with Crippen molar-refractivity contribution in [1.82, 2.24) is 4.98 Å². The molecule has 1 N–H and O–H groups in total. The van der Waals surface area contributed by atoms with Gasteiger partial charge < -0.3 is 4.74 Å². The molecule has 6 heteroatoms. The largest absolute Gasteiger partial charge is 0.494 e. The number of methoxy groups -OCH3 is 1. The zero-order valence-corrected chi connectivity index (χ0v) is 11.7. The SMILES string of the molecule is COc1ccc(C(=O)Nc2nc3c(s2)CCC3)cc1F. The monoisotopic (exact) mass is 292 g/mol. The third-order valence-corrected chi connectivity index (χ3v) is 4.30. The van der Waals surface area contributed by atoms with Crippen LogP contribution in [0, 0.1) is 5.82 Å². The van der Waals surface area contributed by atoms with Crippen LogP contribution >= 0.6 is 11.3 Å². The molecule has 0 unspecified atom stereocenters. The Labute approximate surface area is 119 Å². The van der Waals surface area contributed by atoms with Crippen LogP contribution in [0.5, 0.6) is 5.75 Å². The van der Waals surface area contributed by atoms with E-state index in [2.05, 4.69) is 10.3 Å². The fraction of sp³-hybridized carbons (Fsp3) is 0.286. The summed E-state index contributed by atoms with van der Waals surface area (Å²) in [7, 11) is 1.38. The number of ether oxygens (including phenoxy) is 1. The molecule has 0 saturated carbocycles. The molecule has 0 atom stereocenters. The average molecular weight is 292 g/mol. The van der Waals surface area contributed by atoms with E-state index < -0.39 is 5.82 Å². The smallest absolute Gasteiger partial charge is 0.257 e. The highest BCUT2D eigenvalue weighted by molar-refractivity contribution is 7.15. The summed E-state index contributed by atoms with van der Waals surface area (Å²) < 4.78 is 18.4. The van der Waals surface area contributed by atoms with Crippen LogP contribution in [0.15, 0.2) is 18.2 Å². The van der Waals surface area contributed by atoms with Crippen molar-refractivity contribution < 1.29 is 13.9 Å². The highest BCUT2D eigenvalue weighted by atomic mass is 32.1. The average Bonchev–Trinajstić information content (AvgIpc) is 2.99. The van der Waals surface area contributed by atoms with Crippen molar-refractivity contribution in [2.75, 3.05) is 12.4 Å². The van der Waals surface area contributed by atoms with Crippen molar-refractivity contribution in [2.45, 2.75) is 19.3 Å². The molecule has 0 aliphatic heterocycles. The summed E-state index contributed by atoms with van der Waals surface area (Å²) in [5, 5.41) is 3.29. The van der Waals surface area contributed by atoms with Crippen molar-refractivity contribution in [3.63, 3.8) is 0 Å². The van der Waals surface area contributed by atoms with Crippen molar-refractivity contribution in [1.29, 1.82) is 0 Å². The predicted molar refractivity (Wildman–Crippen MR) is 75.0 cm³/mol. The zero-order valence-electron chi connectivity index (χ0n) is 10.9. The minimum Gasteiger partial charge on any atom is -0.494 e. The Morgan fingerprint density at radius 2 is 2.30 bits per heavy atom. The Kier molecular flexibility index (Phi) is 3.40. The number of hydrogen-bond donors (Lipinski definition) is 1. The second-order valence-electron chi connectivity index (χ2n) is 4.55. The second-order valence-corrected chi connectivity index (χ2v) is 5.63. The lowest BCUT2D eigenvalue weighted by Crippen LogP contribution is -2.12. The van der Waals surface area contributed by atoms with E-state index >= 15 is 0 Å². The molecule has 0 radical (unpaired) electrons. The molecule has 0 bridgehead atoms. The highest BCUT2D eigenvalue weighted by Crippen LogP contribution is 2.30. The van der Waals surface area contributed by atoms with Crippen molar-refractivity contribution >= 4 is 22.4 Å². The summed E-state index contributed by atoms with van der Waals surface area (Å²) in [6.45, 7) is 0. The van der Waals surface area contributed by atoms with E-state index in [4.69, 9.17) is 4.74 Å². The van der Waals surface area contributed by atoms with E-state index in [9.17, 15) is 9.18 Å². The molecule has 1 aromatic heterocycles. The maximum Gasteiger partial charge on any atom is 0.257 e. The minimum atomic E-state index is -0.554. The van der Waals surface area contributed by atoms with Gasteiger partial charge in [0, 0.05) is 10.4 Å². The molecule has 0 fully saturated rings. The quantitative estimate of drug-likeness (QED) is 0.946. The summed E-state index contributed by atoms with van der Waals surface area (Å²) in [5.74, 6) is -0.796. The molecule has 20 heavy (non-hydrogen) atoms. The molecule has 3 rings (SSSR count). The normalized spacial score (nSPS) is 13.1. The summed E-state index contributed by atoms with van der Waals surface area (Å²) in [5.41, 5.74) is 1.32. The Morgan fingerprint density at radius 1 is 1.45 bits per heavy atom. The molecular weight excluding hydrogens is 279 g/mol. The van der Waals surface area contributed by atoms with Crippen molar-refractivity contribution in [3.8, 4) is 5.75 Å². The van der Waals surface area contributed by atoms with Gasteiger partial charge in [-0.1, -0.05) is 0 Å². The van der Waals surface area contributed by atoms with E-state index in [0.29, 0.717) is 5.13 Å². The number of amides is 1. The van der Waals surface area contributed by atoms with Crippen LogP contribution in [0.3, 0.4) is 0 Å². The fourth-order valence-corrected chi connectivity index (χ4v) is 3.27. The summed E-state index contributed by atoms with van der Waals surface area (Å²) >= 11 is 1.50. The lowest BCUT2D eigenvalue weighted by atomic mass is 10.2. The van der Waals surface area contributed by atoms with Gasteiger partial charge in [0.2, 0.25) is 0 Å². The number of thiazole rings is 1. The number of anilines is 1. The van der Waals surface area contributed by atoms with Gasteiger partial charge in [-0.3, -0.25) is 10.1 Å². The molecule has 1 aliphatic carbocycles. The number of carbonyl (C=O) groups excluding carboxylic acids is 1. The number of hydrogen-bond acceptors (Lipinski definition) is 4. The van der Waals surface area contributed by atoms with Gasteiger partial charge in [0.1, 0.15) is 0 Å². The van der Waals surface area contributed by atoms with Crippen LogP contribution in [-0.4, -0.2) is 18.0 Å². The van der Waals surface area contributed by atoms with Crippen molar-refractivity contribution in [2.24, 2.45) is 0 Å². The fourth-order valence-electron chi connectivity index (χ4n) is 2.22. The van der Waals surface area contributed by atoms with E-state index in [1.807, 2.05) is 0 Å². The Bertz CT molecular complexity index is 648. The van der Waals surface area contributed by atoms with E-state index in [1.54, 1.807) is 0 Å². The maximum absolute atomic E-state index is 13.6. The number of benzene rings is 1. The topological polar surface area (TPSA) is 51.2 Å². The summed E-state index contributed by atoms with van der Waals surface area (Å²) in [4.78, 5) is 17.7. The number of halogens is 1. The van der Waals surface area contributed by atoms with E-state index in [-0.39, 0.29) is 17.2 Å². The Morgan fingerprint density at radius 3 is 3.00 bits per heavy atom. The molecule has 1 heterocycles. The Balaban J connectivity index is 1.77. The van der Waals surface area contributed by atoms with Gasteiger partial charge in [0.05, 0.1) is 12.8 Å². The number of fused-ring (bicyclic) bond motifs is 1. The standard InChI is InChI=1S/C14H13FN2O2S/c1-19-11-6-5-8(7-9(11)15)13(18)17-14-16-10-3-2-4-12(10)20-14/h5-7H,2-4H2,1H3,(H,16,17,18). The molecule has 1 amide bonds. The zero-order chi connectivity index (χ0) is 14.1. The van der Waals surface area contributed by atoms with Gasteiger partial charge in [-0.25, -0.2) is 9.37 Å². The lowest BCUT2D eigenvalue weighted by molar-refractivity contribution is 0.102.